The number of aryl methyl sites for hydroxylation is 1. The van der Waals surface area contributed by atoms with Crippen molar-refractivity contribution in [3.63, 3.8) is 0 Å². The minimum Gasteiger partial charge on any atom is -0.456 e. The summed E-state index contributed by atoms with van der Waals surface area (Å²) >= 11 is 1.89. The van der Waals surface area contributed by atoms with Crippen molar-refractivity contribution in [3.8, 4) is 0 Å². The molecule has 2 atom stereocenters. The fraction of sp³-hybridized carbons (Fsp3) is 0.737. The van der Waals surface area contributed by atoms with Gasteiger partial charge in [0.1, 0.15) is 5.76 Å². The van der Waals surface area contributed by atoms with Gasteiger partial charge >= 0.3 is 0 Å². The Morgan fingerprint density at radius 2 is 2.36 bits per heavy atom. The number of rotatable bonds is 7. The summed E-state index contributed by atoms with van der Waals surface area (Å²) in [5.74, 6) is 3.54. The van der Waals surface area contributed by atoms with Crippen molar-refractivity contribution >= 4 is 17.7 Å². The Labute approximate surface area is 154 Å². The van der Waals surface area contributed by atoms with Crippen molar-refractivity contribution in [1.29, 1.82) is 0 Å². The molecule has 2 fully saturated rings. The summed E-state index contributed by atoms with van der Waals surface area (Å²) in [5, 5.41) is 9.87. The normalized spacial score (nSPS) is 26.0. The molecule has 0 aliphatic carbocycles. The van der Waals surface area contributed by atoms with Gasteiger partial charge in [-0.05, 0) is 37.5 Å². The molecule has 0 unspecified atom stereocenters. The molecule has 1 N–H and O–H groups in total. The van der Waals surface area contributed by atoms with Gasteiger partial charge in [-0.3, -0.25) is 4.79 Å². The molecule has 25 heavy (non-hydrogen) atoms. The lowest BCUT2D eigenvalue weighted by Gasteiger charge is -2.36. The van der Waals surface area contributed by atoms with Gasteiger partial charge in [0.25, 0.3) is 5.91 Å². The Kier molecular flexibility index (Phi) is 6.12. The number of hydrogen-bond donors (Lipinski definition) is 1. The topological polar surface area (TPSA) is 62.9 Å². The number of thioether (sulfide) groups is 1. The Morgan fingerprint density at radius 3 is 3.08 bits per heavy atom. The fourth-order valence-electron chi connectivity index (χ4n) is 3.83. The third-order valence-corrected chi connectivity index (χ3v) is 6.64. The smallest absolute Gasteiger partial charge is 0.289 e. The number of aliphatic hydroxyl groups is 1. The lowest BCUT2D eigenvalue weighted by molar-refractivity contribution is -0.0557. The van der Waals surface area contributed by atoms with Gasteiger partial charge in [-0.1, -0.05) is 13.3 Å². The van der Waals surface area contributed by atoms with Gasteiger partial charge in [0.05, 0.1) is 13.2 Å². The van der Waals surface area contributed by atoms with Crippen LogP contribution in [0.2, 0.25) is 0 Å². The zero-order valence-corrected chi connectivity index (χ0v) is 16.1. The van der Waals surface area contributed by atoms with Crippen LogP contribution < -0.4 is 0 Å². The fourth-order valence-corrected chi connectivity index (χ4v) is 4.97. The quantitative estimate of drug-likeness (QED) is 0.751. The van der Waals surface area contributed by atoms with E-state index in [1.54, 1.807) is 0 Å². The van der Waals surface area contributed by atoms with Crippen LogP contribution in [0.15, 0.2) is 10.5 Å². The second kappa shape index (κ2) is 8.14. The van der Waals surface area contributed by atoms with Crippen LogP contribution in [-0.2, 0) is 10.5 Å². The molecule has 5 nitrogen and oxygen atoms in total. The molecular weight excluding hydrogens is 338 g/mol. The van der Waals surface area contributed by atoms with E-state index in [4.69, 9.17) is 9.15 Å². The Morgan fingerprint density at radius 1 is 1.52 bits per heavy atom. The van der Waals surface area contributed by atoms with Gasteiger partial charge in [-0.15, -0.1) is 0 Å². The average molecular weight is 368 g/mol. The summed E-state index contributed by atoms with van der Waals surface area (Å²) in [6, 6.07) is 1.90. The van der Waals surface area contributed by atoms with E-state index in [-0.39, 0.29) is 17.9 Å². The molecule has 2 saturated heterocycles. The number of hydrogen-bond acceptors (Lipinski definition) is 5. The van der Waals surface area contributed by atoms with Gasteiger partial charge in [0, 0.05) is 36.4 Å². The largest absolute Gasteiger partial charge is 0.456 e. The maximum atomic E-state index is 12.9. The van der Waals surface area contributed by atoms with Crippen LogP contribution in [0.4, 0.5) is 0 Å². The number of amides is 1. The summed E-state index contributed by atoms with van der Waals surface area (Å²) in [6.07, 6.45) is 3.32. The SMILES string of the molecule is CCCCSCc1cc(C(=O)N2C[C@@H]3CCOC[C@]3(CO)C2)oc1C. The van der Waals surface area contributed by atoms with Crippen molar-refractivity contribution in [1.82, 2.24) is 4.90 Å². The first kappa shape index (κ1) is 18.8. The van der Waals surface area contributed by atoms with E-state index in [9.17, 15) is 9.90 Å². The van der Waals surface area contributed by atoms with E-state index in [0.717, 1.165) is 29.3 Å². The number of fused-ring (bicyclic) bond motifs is 1. The van der Waals surface area contributed by atoms with Crippen LogP contribution in [0.5, 0.6) is 0 Å². The minimum atomic E-state index is -0.297. The Balaban J connectivity index is 1.65. The third-order valence-electron chi connectivity index (χ3n) is 5.55. The first-order valence-corrected chi connectivity index (χ1v) is 10.4. The lowest BCUT2D eigenvalue weighted by Crippen LogP contribution is -2.43. The van der Waals surface area contributed by atoms with Gasteiger partial charge in [-0.2, -0.15) is 11.8 Å². The van der Waals surface area contributed by atoms with Crippen molar-refractivity contribution in [2.45, 2.75) is 38.9 Å². The second-order valence-corrected chi connectivity index (χ2v) is 8.45. The van der Waals surface area contributed by atoms with Crippen LogP contribution in [0.1, 0.15) is 48.1 Å². The predicted molar refractivity (Wildman–Crippen MR) is 98.9 cm³/mol. The summed E-state index contributed by atoms with van der Waals surface area (Å²) in [5.41, 5.74) is 0.815. The monoisotopic (exact) mass is 367 g/mol. The number of unbranched alkanes of at least 4 members (excludes halogenated alkanes) is 1. The van der Waals surface area contributed by atoms with E-state index >= 15 is 0 Å². The van der Waals surface area contributed by atoms with Gasteiger partial charge in [-0.25, -0.2) is 0 Å². The Hall–Kier alpha value is -0.980. The molecule has 1 aromatic heterocycles. The predicted octanol–water partition coefficient (Wildman–Crippen LogP) is 3.09. The Bertz CT molecular complexity index is 602. The van der Waals surface area contributed by atoms with Gasteiger partial charge in [0.15, 0.2) is 5.76 Å². The van der Waals surface area contributed by atoms with Crippen LogP contribution >= 0.6 is 11.8 Å². The zero-order chi connectivity index (χ0) is 17.9. The molecule has 0 bridgehead atoms. The number of carbonyl (C=O) groups excluding carboxylic acids is 1. The molecule has 6 heteroatoms. The second-order valence-electron chi connectivity index (χ2n) is 7.34. The van der Waals surface area contributed by atoms with Crippen molar-refractivity contribution < 1.29 is 19.1 Å². The standard InChI is InChI=1S/C19H29NO4S/c1-3-4-7-25-10-15-8-17(24-14(15)2)18(22)20-9-16-5-6-23-13-19(16,11-20)12-21/h8,16,21H,3-7,9-13H2,1-2H3/t16-,19+/m0/s1. The van der Waals surface area contributed by atoms with E-state index in [0.29, 0.717) is 38.0 Å². The molecule has 3 heterocycles. The number of carbonyl (C=O) groups is 1. The molecule has 2 aliphatic heterocycles. The number of aliphatic hydroxyl groups excluding tert-OH is 1. The molecule has 1 aromatic rings. The van der Waals surface area contributed by atoms with Crippen molar-refractivity contribution in [2.24, 2.45) is 11.3 Å². The van der Waals surface area contributed by atoms with E-state index in [1.165, 1.54) is 12.8 Å². The highest BCUT2D eigenvalue weighted by Crippen LogP contribution is 2.41. The number of ether oxygens (including phenoxy) is 1. The van der Waals surface area contributed by atoms with Gasteiger partial charge < -0.3 is 19.2 Å². The van der Waals surface area contributed by atoms with Crippen molar-refractivity contribution in [3.05, 3.63) is 23.2 Å². The minimum absolute atomic E-state index is 0.0601. The molecule has 2 aliphatic rings. The maximum absolute atomic E-state index is 12.9. The first-order valence-electron chi connectivity index (χ1n) is 9.24. The lowest BCUT2D eigenvalue weighted by atomic mass is 9.76. The number of likely N-dealkylation sites (tertiary alicyclic amines) is 1. The molecule has 140 valence electrons. The number of nitrogens with zero attached hydrogens (tertiary/aromatic N) is 1. The van der Waals surface area contributed by atoms with Crippen LogP contribution in [-0.4, -0.2) is 54.6 Å². The van der Waals surface area contributed by atoms with Crippen molar-refractivity contribution in [2.75, 3.05) is 38.7 Å². The van der Waals surface area contributed by atoms with E-state index < -0.39 is 0 Å². The first-order chi connectivity index (χ1) is 12.1. The van der Waals surface area contributed by atoms with Crippen LogP contribution in [0.25, 0.3) is 0 Å². The molecule has 1 amide bonds. The van der Waals surface area contributed by atoms with Crippen LogP contribution in [0, 0.1) is 18.3 Å². The highest BCUT2D eigenvalue weighted by Gasteiger charge is 2.49. The summed E-state index contributed by atoms with van der Waals surface area (Å²) in [7, 11) is 0. The molecule has 0 radical (unpaired) electrons. The molecule has 0 spiro atoms. The average Bonchev–Trinajstić information content (AvgIpc) is 3.19. The molecule has 0 aromatic carbocycles. The molecule has 0 saturated carbocycles. The summed E-state index contributed by atoms with van der Waals surface area (Å²) in [6.45, 7) is 6.67. The third kappa shape index (κ3) is 3.91. The highest BCUT2D eigenvalue weighted by atomic mass is 32.2. The number of furan rings is 1. The molecular formula is C19H29NO4S. The van der Waals surface area contributed by atoms with Gasteiger partial charge in [0.2, 0.25) is 0 Å². The summed E-state index contributed by atoms with van der Waals surface area (Å²) < 4.78 is 11.3. The van der Waals surface area contributed by atoms with E-state index in [2.05, 4.69) is 6.92 Å². The summed E-state index contributed by atoms with van der Waals surface area (Å²) in [4.78, 5) is 14.7. The maximum Gasteiger partial charge on any atom is 0.289 e. The highest BCUT2D eigenvalue weighted by molar-refractivity contribution is 7.98. The van der Waals surface area contributed by atoms with Crippen LogP contribution in [0.3, 0.4) is 0 Å². The zero-order valence-electron chi connectivity index (χ0n) is 15.3. The molecule has 3 rings (SSSR count). The van der Waals surface area contributed by atoms with E-state index in [1.807, 2.05) is 29.7 Å².